The van der Waals surface area contributed by atoms with E-state index in [0.29, 0.717) is 16.7 Å². The van der Waals surface area contributed by atoms with Gasteiger partial charge in [-0.15, -0.1) is 0 Å². The second-order valence-corrected chi connectivity index (χ2v) is 8.09. The monoisotopic (exact) mass is 433 g/mol. The number of hydrazone groups is 1. The molecule has 0 radical (unpaired) electrons. The summed E-state index contributed by atoms with van der Waals surface area (Å²) in [5.74, 6) is 4.45. The lowest BCUT2D eigenvalue weighted by Gasteiger charge is -2.18. The normalized spacial score (nSPS) is 12.3. The first-order valence-electron chi connectivity index (χ1n) is 9.82. The van der Waals surface area contributed by atoms with Crippen molar-refractivity contribution in [2.75, 3.05) is 5.73 Å². The van der Waals surface area contributed by atoms with Gasteiger partial charge in [-0.1, -0.05) is 12.1 Å². The standard InChI is InChI=1S/C22H24FN9/c1-13-14(10-24)6-5-7-16(13)21-28-19(18(23)20(25)29-21)17(30-26)12-27-11-15-8-9-32(31-15)22(2,3)4/h5-9,12H,11,26H2,1-4H3,(H2,25,28,29). The predicted octanol–water partition coefficient (Wildman–Crippen LogP) is 2.93. The van der Waals surface area contributed by atoms with Crippen LogP contribution in [0.3, 0.4) is 0 Å². The van der Waals surface area contributed by atoms with E-state index in [2.05, 4.69) is 31.2 Å². The minimum absolute atomic E-state index is 0.00203. The number of aliphatic imine (C=N–C) groups is 1. The lowest BCUT2D eigenvalue weighted by Crippen LogP contribution is -2.22. The van der Waals surface area contributed by atoms with Crippen LogP contribution in [-0.4, -0.2) is 31.7 Å². The number of hydrogen-bond acceptors (Lipinski definition) is 8. The van der Waals surface area contributed by atoms with Crippen molar-refractivity contribution in [2.45, 2.75) is 39.8 Å². The Balaban J connectivity index is 1.93. The molecule has 0 amide bonds. The summed E-state index contributed by atoms with van der Waals surface area (Å²) in [6.45, 7) is 8.13. The number of anilines is 1. The molecule has 0 aliphatic rings. The molecule has 1 aromatic carbocycles. The number of nitrogen functional groups attached to an aromatic ring is 1. The molecule has 0 aliphatic heterocycles. The fourth-order valence-electron chi connectivity index (χ4n) is 2.95. The van der Waals surface area contributed by atoms with E-state index < -0.39 is 5.82 Å². The summed E-state index contributed by atoms with van der Waals surface area (Å²) in [5.41, 5.74) is 7.87. The summed E-state index contributed by atoms with van der Waals surface area (Å²) in [7, 11) is 0. The molecule has 0 bridgehead atoms. The number of rotatable bonds is 5. The van der Waals surface area contributed by atoms with Gasteiger partial charge in [-0.2, -0.15) is 15.5 Å². The van der Waals surface area contributed by atoms with Crippen molar-refractivity contribution in [1.82, 2.24) is 19.7 Å². The lowest BCUT2D eigenvalue weighted by atomic mass is 10.0. The summed E-state index contributed by atoms with van der Waals surface area (Å²) in [5, 5.41) is 17.4. The van der Waals surface area contributed by atoms with E-state index in [1.807, 2.05) is 37.7 Å². The van der Waals surface area contributed by atoms with Crippen LogP contribution in [0.5, 0.6) is 0 Å². The van der Waals surface area contributed by atoms with Crippen molar-refractivity contribution in [3.63, 3.8) is 0 Å². The molecule has 0 saturated carbocycles. The van der Waals surface area contributed by atoms with E-state index >= 15 is 0 Å². The fraction of sp³-hybridized carbons (Fsp3) is 0.273. The van der Waals surface area contributed by atoms with Crippen LogP contribution in [0.25, 0.3) is 11.4 Å². The van der Waals surface area contributed by atoms with Crippen LogP contribution in [0, 0.1) is 24.1 Å². The number of benzene rings is 1. The zero-order valence-corrected chi connectivity index (χ0v) is 18.3. The summed E-state index contributed by atoms with van der Waals surface area (Å²) in [4.78, 5) is 12.6. The van der Waals surface area contributed by atoms with Gasteiger partial charge in [0, 0.05) is 11.8 Å². The van der Waals surface area contributed by atoms with E-state index in [4.69, 9.17) is 11.6 Å². The van der Waals surface area contributed by atoms with Crippen molar-refractivity contribution in [3.8, 4) is 17.5 Å². The molecular weight excluding hydrogens is 409 g/mol. The van der Waals surface area contributed by atoms with E-state index in [0.717, 1.165) is 5.69 Å². The fourth-order valence-corrected chi connectivity index (χ4v) is 2.95. The van der Waals surface area contributed by atoms with Gasteiger partial charge in [0.1, 0.15) is 11.4 Å². The minimum atomic E-state index is -0.851. The van der Waals surface area contributed by atoms with Crippen molar-refractivity contribution in [1.29, 1.82) is 5.26 Å². The molecule has 0 saturated heterocycles. The van der Waals surface area contributed by atoms with E-state index in [1.54, 1.807) is 25.1 Å². The van der Waals surface area contributed by atoms with E-state index in [1.165, 1.54) is 6.21 Å². The highest BCUT2D eigenvalue weighted by Crippen LogP contribution is 2.25. The second-order valence-electron chi connectivity index (χ2n) is 8.09. The van der Waals surface area contributed by atoms with Gasteiger partial charge < -0.3 is 11.6 Å². The zero-order chi connectivity index (χ0) is 23.5. The molecular formula is C22H24FN9. The molecule has 0 aliphatic carbocycles. The summed E-state index contributed by atoms with van der Waals surface area (Å²) >= 11 is 0. The van der Waals surface area contributed by atoms with Crippen molar-refractivity contribution >= 4 is 17.7 Å². The van der Waals surface area contributed by atoms with Gasteiger partial charge in [-0.05, 0) is 45.4 Å². The van der Waals surface area contributed by atoms with E-state index in [-0.39, 0.29) is 35.1 Å². The molecule has 0 unspecified atom stereocenters. The van der Waals surface area contributed by atoms with Gasteiger partial charge in [-0.25, -0.2) is 14.4 Å². The Morgan fingerprint density at radius 1 is 1.28 bits per heavy atom. The molecule has 32 heavy (non-hydrogen) atoms. The average Bonchev–Trinajstić information content (AvgIpc) is 3.23. The Labute approximate surface area is 185 Å². The number of halogens is 1. The lowest BCUT2D eigenvalue weighted by molar-refractivity contribution is 0.353. The summed E-state index contributed by atoms with van der Waals surface area (Å²) in [6.07, 6.45) is 3.20. The largest absolute Gasteiger partial charge is 0.381 e. The first-order valence-corrected chi connectivity index (χ1v) is 9.82. The molecule has 9 nitrogen and oxygen atoms in total. The van der Waals surface area contributed by atoms with Crippen LogP contribution in [0.1, 0.15) is 43.3 Å². The Kier molecular flexibility index (Phi) is 6.30. The molecule has 10 heteroatoms. The SMILES string of the molecule is Cc1c(C#N)cccc1-c1nc(N)c(F)c(C(C=NCc2ccn(C(C)(C)C)n2)=NN)n1. The molecule has 3 rings (SSSR count). The topological polar surface area (TPSA) is 144 Å². The highest BCUT2D eigenvalue weighted by molar-refractivity contribution is 6.37. The van der Waals surface area contributed by atoms with Crippen LogP contribution >= 0.6 is 0 Å². The molecule has 0 atom stereocenters. The molecule has 0 fully saturated rings. The maximum Gasteiger partial charge on any atom is 0.193 e. The van der Waals surface area contributed by atoms with Crippen molar-refractivity contribution in [3.05, 3.63) is 58.8 Å². The highest BCUT2D eigenvalue weighted by Gasteiger charge is 2.19. The molecule has 3 aromatic rings. The number of nitrogens with zero attached hydrogens (tertiary/aromatic N) is 7. The third-order valence-corrected chi connectivity index (χ3v) is 4.75. The van der Waals surface area contributed by atoms with Gasteiger partial charge in [0.05, 0.1) is 35.6 Å². The number of nitriles is 1. The van der Waals surface area contributed by atoms with Gasteiger partial charge in [0.25, 0.3) is 0 Å². The van der Waals surface area contributed by atoms with Crippen LogP contribution < -0.4 is 11.6 Å². The number of nitrogens with two attached hydrogens (primary N) is 2. The summed E-state index contributed by atoms with van der Waals surface area (Å²) in [6, 6.07) is 9.05. The molecule has 2 aromatic heterocycles. The van der Waals surface area contributed by atoms with Crippen LogP contribution in [0.4, 0.5) is 10.2 Å². The number of hydrogen-bond donors (Lipinski definition) is 2. The van der Waals surface area contributed by atoms with Gasteiger partial charge >= 0.3 is 0 Å². The number of aromatic nitrogens is 4. The third-order valence-electron chi connectivity index (χ3n) is 4.75. The predicted molar refractivity (Wildman–Crippen MR) is 121 cm³/mol. The Morgan fingerprint density at radius 2 is 2.03 bits per heavy atom. The third kappa shape index (κ3) is 4.62. The molecule has 2 heterocycles. The Morgan fingerprint density at radius 3 is 2.66 bits per heavy atom. The second kappa shape index (κ2) is 8.93. The maximum absolute atomic E-state index is 14.7. The molecule has 4 N–H and O–H groups in total. The minimum Gasteiger partial charge on any atom is -0.381 e. The van der Waals surface area contributed by atoms with Gasteiger partial charge in [0.15, 0.2) is 17.5 Å². The van der Waals surface area contributed by atoms with Crippen LogP contribution in [-0.2, 0) is 12.1 Å². The van der Waals surface area contributed by atoms with Crippen molar-refractivity contribution < 1.29 is 4.39 Å². The quantitative estimate of drug-likeness (QED) is 0.359. The first-order chi connectivity index (χ1) is 15.2. The maximum atomic E-state index is 14.7. The summed E-state index contributed by atoms with van der Waals surface area (Å²) < 4.78 is 16.6. The van der Waals surface area contributed by atoms with Crippen LogP contribution in [0.15, 0.2) is 40.6 Å². The molecule has 164 valence electrons. The Bertz CT molecular complexity index is 1240. The average molecular weight is 433 g/mol. The van der Waals surface area contributed by atoms with E-state index in [9.17, 15) is 9.65 Å². The Hall–Kier alpha value is -4.13. The van der Waals surface area contributed by atoms with Crippen molar-refractivity contribution in [2.24, 2.45) is 15.9 Å². The molecule has 0 spiro atoms. The highest BCUT2D eigenvalue weighted by atomic mass is 19.1. The zero-order valence-electron chi connectivity index (χ0n) is 18.3. The van der Waals surface area contributed by atoms with Crippen LogP contribution in [0.2, 0.25) is 0 Å². The first kappa shape index (κ1) is 22.6. The smallest absolute Gasteiger partial charge is 0.193 e. The van der Waals surface area contributed by atoms with Gasteiger partial charge in [0.2, 0.25) is 0 Å². The van der Waals surface area contributed by atoms with Gasteiger partial charge in [-0.3, -0.25) is 9.67 Å².